The summed E-state index contributed by atoms with van der Waals surface area (Å²) in [5.41, 5.74) is 2.93. The third-order valence-electron chi connectivity index (χ3n) is 4.38. The number of thiophene rings is 1. The Bertz CT molecular complexity index is 820. The van der Waals surface area contributed by atoms with Gasteiger partial charge in [0.15, 0.2) is 3.79 Å². The fourth-order valence-electron chi connectivity index (χ4n) is 3.29. The number of alkyl halides is 1. The minimum absolute atomic E-state index is 0.0202. The standard InChI is InChI=1S/C17H17ClINO3S/c1-9-8-24-17-12(21)5-11-16(15(9)17)10(6-18)7-20(11)14(23)4-2-3-13(19)22/h5,8,10,21H,2-4,6-7H2,1H3/t10-/m1/s1. The molecule has 1 amide bonds. The summed E-state index contributed by atoms with van der Waals surface area (Å²) in [6.45, 7) is 2.55. The van der Waals surface area contributed by atoms with Crippen LogP contribution in [-0.4, -0.2) is 27.2 Å². The zero-order chi connectivity index (χ0) is 17.4. The Balaban J connectivity index is 1.99. The first-order valence-corrected chi connectivity index (χ1v) is 10.2. The number of aromatic hydroxyl groups is 1. The summed E-state index contributed by atoms with van der Waals surface area (Å²) in [5, 5.41) is 13.4. The Hall–Kier alpha value is -0.860. The van der Waals surface area contributed by atoms with Gasteiger partial charge in [-0.1, -0.05) is 0 Å². The molecule has 3 rings (SSSR count). The SMILES string of the molecule is Cc1csc2c(O)cc3c(c12)[C@H](CCl)CN3C(=O)CCCC(=O)I. The number of carbonyl (C=O) groups excluding carboxylic acids is 2. The molecule has 0 saturated heterocycles. The molecule has 0 saturated carbocycles. The maximum absolute atomic E-state index is 12.6. The van der Waals surface area contributed by atoms with E-state index in [1.807, 2.05) is 12.3 Å². The summed E-state index contributed by atoms with van der Waals surface area (Å²) in [7, 11) is 0. The maximum atomic E-state index is 12.6. The molecule has 0 fully saturated rings. The number of carbonyl (C=O) groups is 2. The molecule has 24 heavy (non-hydrogen) atoms. The summed E-state index contributed by atoms with van der Waals surface area (Å²) in [6, 6.07) is 1.68. The highest BCUT2D eigenvalue weighted by Gasteiger charge is 2.35. The van der Waals surface area contributed by atoms with Crippen LogP contribution in [0.1, 0.15) is 36.3 Å². The maximum Gasteiger partial charge on any atom is 0.227 e. The topological polar surface area (TPSA) is 57.6 Å². The van der Waals surface area contributed by atoms with Crippen LogP contribution in [0.15, 0.2) is 11.4 Å². The molecule has 0 aliphatic carbocycles. The summed E-state index contributed by atoms with van der Waals surface area (Å²) in [5.74, 6) is 0.678. The van der Waals surface area contributed by atoms with Gasteiger partial charge in [0.1, 0.15) is 5.75 Å². The van der Waals surface area contributed by atoms with E-state index >= 15 is 0 Å². The fourth-order valence-corrected chi connectivity index (χ4v) is 4.90. The van der Waals surface area contributed by atoms with Crippen molar-refractivity contribution in [2.24, 2.45) is 0 Å². The number of rotatable bonds is 5. The van der Waals surface area contributed by atoms with E-state index in [1.165, 1.54) is 11.3 Å². The fraction of sp³-hybridized carbons (Fsp3) is 0.412. The largest absolute Gasteiger partial charge is 0.506 e. The van der Waals surface area contributed by atoms with Crippen molar-refractivity contribution in [1.29, 1.82) is 0 Å². The number of amides is 1. The highest BCUT2D eigenvalue weighted by molar-refractivity contribution is 14.1. The molecule has 2 aromatic rings. The molecule has 1 atom stereocenters. The second kappa shape index (κ2) is 7.17. The van der Waals surface area contributed by atoms with E-state index in [1.54, 1.807) is 33.6 Å². The Labute approximate surface area is 162 Å². The first-order chi connectivity index (χ1) is 11.4. The van der Waals surface area contributed by atoms with Crippen LogP contribution >= 0.6 is 45.5 Å². The molecule has 0 radical (unpaired) electrons. The summed E-state index contributed by atoms with van der Waals surface area (Å²) < 4.78 is 0.917. The van der Waals surface area contributed by atoms with Crippen molar-refractivity contribution < 1.29 is 14.7 Å². The Kier molecular flexibility index (Phi) is 5.36. The van der Waals surface area contributed by atoms with Gasteiger partial charge in [0, 0.05) is 42.6 Å². The third-order valence-corrected chi connectivity index (χ3v) is 6.41. The summed E-state index contributed by atoms with van der Waals surface area (Å²) in [4.78, 5) is 25.4. The molecule has 0 spiro atoms. The summed E-state index contributed by atoms with van der Waals surface area (Å²) >= 11 is 9.43. The van der Waals surface area contributed by atoms with E-state index in [0.717, 1.165) is 26.9 Å². The second-order valence-electron chi connectivity index (χ2n) is 6.02. The Morgan fingerprint density at radius 3 is 2.88 bits per heavy atom. The molecule has 128 valence electrons. The monoisotopic (exact) mass is 477 g/mol. The van der Waals surface area contributed by atoms with E-state index in [9.17, 15) is 14.7 Å². The van der Waals surface area contributed by atoms with Crippen LogP contribution in [0.3, 0.4) is 0 Å². The number of halogens is 2. The van der Waals surface area contributed by atoms with Crippen molar-refractivity contribution in [2.75, 3.05) is 17.3 Å². The van der Waals surface area contributed by atoms with Crippen LogP contribution in [0.2, 0.25) is 0 Å². The predicted octanol–water partition coefficient (Wildman–Crippen LogP) is 4.72. The molecule has 1 aliphatic heterocycles. The lowest BCUT2D eigenvalue weighted by Crippen LogP contribution is -2.29. The molecule has 4 nitrogen and oxygen atoms in total. The lowest BCUT2D eigenvalue weighted by molar-refractivity contribution is -0.118. The van der Waals surface area contributed by atoms with Gasteiger partial charge in [0.05, 0.1) is 10.4 Å². The molecule has 7 heteroatoms. The molecule has 0 bridgehead atoms. The van der Waals surface area contributed by atoms with Crippen LogP contribution in [0.5, 0.6) is 5.75 Å². The van der Waals surface area contributed by atoms with E-state index in [4.69, 9.17) is 11.6 Å². The number of aryl methyl sites for hydroxylation is 1. The van der Waals surface area contributed by atoms with Crippen LogP contribution in [-0.2, 0) is 9.59 Å². The average Bonchev–Trinajstić information content (AvgIpc) is 3.08. The number of hydrogen-bond acceptors (Lipinski definition) is 4. The minimum atomic E-state index is -0.0202. The predicted molar refractivity (Wildman–Crippen MR) is 107 cm³/mol. The lowest BCUT2D eigenvalue weighted by atomic mass is 9.97. The van der Waals surface area contributed by atoms with Gasteiger partial charge in [-0.25, -0.2) is 0 Å². The average molecular weight is 478 g/mol. The molecule has 1 aliphatic rings. The van der Waals surface area contributed by atoms with Gasteiger partial charge in [-0.2, -0.15) is 0 Å². The minimum Gasteiger partial charge on any atom is -0.506 e. The smallest absolute Gasteiger partial charge is 0.227 e. The van der Waals surface area contributed by atoms with Gasteiger partial charge < -0.3 is 10.0 Å². The van der Waals surface area contributed by atoms with E-state index in [2.05, 4.69) is 0 Å². The van der Waals surface area contributed by atoms with Gasteiger partial charge in [-0.15, -0.1) is 22.9 Å². The van der Waals surface area contributed by atoms with Crippen LogP contribution < -0.4 is 4.90 Å². The molecule has 1 aromatic heterocycles. The number of phenolic OH excluding ortho intramolecular Hbond substituents is 1. The number of fused-ring (bicyclic) bond motifs is 3. The van der Waals surface area contributed by atoms with E-state index in [0.29, 0.717) is 31.7 Å². The quantitative estimate of drug-likeness (QED) is 0.385. The normalized spacial score (nSPS) is 16.6. The van der Waals surface area contributed by atoms with Crippen molar-refractivity contribution in [1.82, 2.24) is 0 Å². The van der Waals surface area contributed by atoms with Crippen molar-refractivity contribution in [3.8, 4) is 5.75 Å². The number of anilines is 1. The van der Waals surface area contributed by atoms with Gasteiger partial charge in [-0.3, -0.25) is 9.59 Å². The molecule has 1 N–H and O–H groups in total. The number of phenols is 1. The highest BCUT2D eigenvalue weighted by atomic mass is 127. The zero-order valence-corrected chi connectivity index (χ0v) is 16.9. The molecule has 0 unspecified atom stereocenters. The van der Waals surface area contributed by atoms with Gasteiger partial charge in [0.25, 0.3) is 0 Å². The molecular weight excluding hydrogens is 461 g/mol. The first-order valence-electron chi connectivity index (χ1n) is 7.72. The molecule has 1 aromatic carbocycles. The Morgan fingerprint density at radius 2 is 2.21 bits per heavy atom. The van der Waals surface area contributed by atoms with Crippen LogP contribution in [0.25, 0.3) is 10.1 Å². The second-order valence-corrected chi connectivity index (χ2v) is 8.41. The van der Waals surface area contributed by atoms with Crippen LogP contribution in [0, 0.1) is 6.92 Å². The van der Waals surface area contributed by atoms with Crippen molar-refractivity contribution in [3.05, 3.63) is 22.6 Å². The molecular formula is C17H17ClINO3S. The first kappa shape index (κ1) is 17.9. The van der Waals surface area contributed by atoms with E-state index in [-0.39, 0.29) is 21.4 Å². The number of hydrogen-bond donors (Lipinski definition) is 1. The molecule has 2 heterocycles. The number of nitrogens with zero attached hydrogens (tertiary/aromatic N) is 1. The highest BCUT2D eigenvalue weighted by Crippen LogP contribution is 2.48. The van der Waals surface area contributed by atoms with Gasteiger partial charge in [-0.05, 0) is 52.4 Å². The summed E-state index contributed by atoms with van der Waals surface area (Å²) in [6.07, 6.45) is 1.27. The third kappa shape index (κ3) is 3.15. The van der Waals surface area contributed by atoms with Crippen molar-refractivity contribution >= 4 is 71.0 Å². The van der Waals surface area contributed by atoms with Crippen molar-refractivity contribution in [3.63, 3.8) is 0 Å². The zero-order valence-electron chi connectivity index (χ0n) is 13.1. The Morgan fingerprint density at radius 1 is 1.46 bits per heavy atom. The van der Waals surface area contributed by atoms with Crippen LogP contribution in [0.4, 0.5) is 5.69 Å². The van der Waals surface area contributed by atoms with Crippen molar-refractivity contribution in [2.45, 2.75) is 32.1 Å². The van der Waals surface area contributed by atoms with Gasteiger partial charge in [0.2, 0.25) is 5.91 Å². The lowest BCUT2D eigenvalue weighted by Gasteiger charge is -2.18. The van der Waals surface area contributed by atoms with Gasteiger partial charge >= 0.3 is 0 Å². The van der Waals surface area contributed by atoms with E-state index < -0.39 is 0 Å². The number of benzene rings is 1.